The maximum Gasteiger partial charge on any atom is 0.407 e. The summed E-state index contributed by atoms with van der Waals surface area (Å²) < 4.78 is 81.7. The smallest absolute Gasteiger partial charge is 0.407 e. The zero-order chi connectivity index (χ0) is 33.7. The van der Waals surface area contributed by atoms with Gasteiger partial charge in [-0.25, -0.2) is 26.4 Å². The Kier molecular flexibility index (Phi) is 11.5. The van der Waals surface area contributed by atoms with Gasteiger partial charge in [-0.1, -0.05) is 12.1 Å². The highest BCUT2D eigenvalue weighted by atomic mass is 32.2. The van der Waals surface area contributed by atoms with Crippen molar-refractivity contribution in [3.05, 3.63) is 65.0 Å². The van der Waals surface area contributed by atoms with E-state index < -0.39 is 57.5 Å². The van der Waals surface area contributed by atoms with Crippen LogP contribution in [0.4, 0.5) is 23.7 Å². The third-order valence-corrected chi connectivity index (χ3v) is 11.8. The fourth-order valence-electron chi connectivity index (χ4n) is 7.33. The minimum atomic E-state index is -3.50. The molecule has 10 nitrogen and oxygen atoms in total. The molecule has 1 saturated carbocycles. The quantitative estimate of drug-likeness (QED) is 0.339. The van der Waals surface area contributed by atoms with Crippen molar-refractivity contribution in [1.29, 1.82) is 0 Å². The first kappa shape index (κ1) is 35.1. The van der Waals surface area contributed by atoms with Crippen molar-refractivity contribution in [2.45, 2.75) is 81.5 Å². The van der Waals surface area contributed by atoms with Crippen LogP contribution in [-0.2, 0) is 30.7 Å². The fourth-order valence-corrected chi connectivity index (χ4v) is 9.14. The highest BCUT2D eigenvalue weighted by molar-refractivity contribution is 7.89. The van der Waals surface area contributed by atoms with Gasteiger partial charge in [-0.3, -0.25) is 4.79 Å². The van der Waals surface area contributed by atoms with Crippen molar-refractivity contribution in [2.24, 2.45) is 5.92 Å². The van der Waals surface area contributed by atoms with E-state index in [1.54, 1.807) is 19.2 Å². The van der Waals surface area contributed by atoms with Crippen molar-refractivity contribution in [2.75, 3.05) is 38.4 Å². The predicted octanol–water partition coefficient (Wildman–Crippen LogP) is 4.45. The molecule has 14 heteroatoms. The molecule has 5 atom stereocenters. The number of carbonyl (C=O) groups is 2. The molecule has 5 rings (SSSR count). The molecule has 3 fully saturated rings. The van der Waals surface area contributed by atoms with E-state index in [1.165, 1.54) is 29.6 Å². The molecule has 2 aromatic carbocycles. The topological polar surface area (TPSA) is 126 Å². The van der Waals surface area contributed by atoms with Crippen LogP contribution >= 0.6 is 0 Å². The van der Waals surface area contributed by atoms with Crippen LogP contribution in [0.3, 0.4) is 0 Å². The summed E-state index contributed by atoms with van der Waals surface area (Å²) in [5.74, 6) is -4.09. The van der Waals surface area contributed by atoms with Crippen LogP contribution in [0.2, 0.25) is 0 Å². The number of nitrogens with one attached hydrogen (secondary N) is 3. The van der Waals surface area contributed by atoms with Gasteiger partial charge in [0.1, 0.15) is 11.9 Å². The molecule has 0 radical (unpaired) electrons. The summed E-state index contributed by atoms with van der Waals surface area (Å²) in [6, 6.07) is 6.24. The van der Waals surface area contributed by atoms with E-state index in [0.717, 1.165) is 25.3 Å². The number of rotatable bonds is 10. The van der Waals surface area contributed by atoms with Crippen LogP contribution < -0.4 is 16.0 Å². The third-order valence-electron chi connectivity index (χ3n) is 9.86. The van der Waals surface area contributed by atoms with Crippen LogP contribution in [0.1, 0.15) is 62.0 Å². The maximum absolute atomic E-state index is 15.4. The number of alkyl carbamates (subject to hydrolysis) is 1. The van der Waals surface area contributed by atoms with E-state index in [1.807, 2.05) is 0 Å². The molecule has 1 aliphatic carbocycles. The standard InChI is InChI=1S/C33H43F3N4O6S/c1-45-25-12-7-21(8-13-25)29(20-5-9-22(34)10-6-20)31(39-33(42)46-2)32(41)38-28-16-15-27(35)30(36)26(28)14-11-24-18-37-23-4-3-17-47(43,44)40(24)19-23/h5-6,9-10,15-16,21,23-25,29,31,37H,3-4,7-8,11-14,17-19H2,1-2H3,(H,38,41)(H,39,42)/t21-,23-,24+,25-,29+,31+/m1/s1. The normalized spacial score (nSPS) is 26.8. The summed E-state index contributed by atoms with van der Waals surface area (Å²) in [4.78, 5) is 26.7. The Morgan fingerprint density at radius 2 is 1.74 bits per heavy atom. The van der Waals surface area contributed by atoms with Crippen LogP contribution in [0.25, 0.3) is 0 Å². The number of nitrogens with zero attached hydrogens (tertiary/aromatic N) is 1. The second kappa shape index (κ2) is 15.3. The second-order valence-corrected chi connectivity index (χ2v) is 14.7. The van der Waals surface area contributed by atoms with Gasteiger partial charge in [-0.15, -0.1) is 0 Å². The van der Waals surface area contributed by atoms with Gasteiger partial charge in [0.15, 0.2) is 11.6 Å². The van der Waals surface area contributed by atoms with E-state index in [-0.39, 0.29) is 47.9 Å². The van der Waals surface area contributed by atoms with Crippen LogP contribution in [0, 0.1) is 23.4 Å². The van der Waals surface area contributed by atoms with Gasteiger partial charge in [0, 0.05) is 49.5 Å². The van der Waals surface area contributed by atoms with Crippen molar-refractivity contribution in [3.8, 4) is 0 Å². The Balaban J connectivity index is 1.43. The average Bonchev–Trinajstić information content (AvgIpc) is 3.18. The monoisotopic (exact) mass is 680 g/mol. The minimum Gasteiger partial charge on any atom is -0.453 e. The Morgan fingerprint density at radius 3 is 2.43 bits per heavy atom. The Bertz CT molecular complexity index is 1520. The van der Waals surface area contributed by atoms with Crippen LogP contribution in [0.15, 0.2) is 36.4 Å². The number of hydrogen-bond acceptors (Lipinski definition) is 7. The zero-order valence-electron chi connectivity index (χ0n) is 26.6. The van der Waals surface area contributed by atoms with Gasteiger partial charge in [-0.2, -0.15) is 4.31 Å². The summed E-state index contributed by atoms with van der Waals surface area (Å²) in [6.45, 7) is 0.693. The summed E-state index contributed by atoms with van der Waals surface area (Å²) in [5, 5.41) is 8.73. The summed E-state index contributed by atoms with van der Waals surface area (Å²) in [6.07, 6.45) is 3.39. The molecule has 1 unspecified atom stereocenters. The van der Waals surface area contributed by atoms with Gasteiger partial charge in [0.05, 0.1) is 19.0 Å². The molecule has 47 heavy (non-hydrogen) atoms. The number of anilines is 1. The lowest BCUT2D eigenvalue weighted by molar-refractivity contribution is -0.119. The van der Waals surface area contributed by atoms with Gasteiger partial charge >= 0.3 is 6.09 Å². The molecule has 3 N–H and O–H groups in total. The van der Waals surface area contributed by atoms with Gasteiger partial charge in [0.2, 0.25) is 15.9 Å². The molecular weight excluding hydrogens is 637 g/mol. The summed E-state index contributed by atoms with van der Waals surface area (Å²) in [5.41, 5.74) is 0.520. The number of hydrogen-bond donors (Lipinski definition) is 3. The molecular formula is C33H43F3N4O6S. The Hall–Kier alpha value is -3.20. The van der Waals surface area contributed by atoms with E-state index in [2.05, 4.69) is 16.0 Å². The second-order valence-electron chi connectivity index (χ2n) is 12.7. The molecule has 2 saturated heterocycles. The van der Waals surface area contributed by atoms with Crippen molar-refractivity contribution >= 4 is 27.7 Å². The Labute approximate surface area is 273 Å². The number of fused-ring (bicyclic) bond motifs is 2. The lowest BCUT2D eigenvalue weighted by Gasteiger charge is -2.38. The average molecular weight is 681 g/mol. The first-order valence-corrected chi connectivity index (χ1v) is 17.7. The first-order valence-electron chi connectivity index (χ1n) is 16.1. The molecule has 258 valence electrons. The number of carbonyl (C=O) groups excluding carboxylic acids is 2. The fraction of sp³-hybridized carbons (Fsp3) is 0.576. The number of methoxy groups -OCH3 is 2. The van der Waals surface area contributed by atoms with Crippen molar-refractivity contribution < 1.29 is 40.7 Å². The molecule has 2 aliphatic heterocycles. The van der Waals surface area contributed by atoms with Gasteiger partial charge in [-0.05, 0) is 87.1 Å². The molecule has 2 bridgehead atoms. The van der Waals surface area contributed by atoms with Gasteiger partial charge < -0.3 is 25.4 Å². The van der Waals surface area contributed by atoms with E-state index in [0.29, 0.717) is 37.9 Å². The largest absolute Gasteiger partial charge is 0.453 e. The third kappa shape index (κ3) is 8.27. The molecule has 2 amide bonds. The molecule has 0 spiro atoms. The number of halogens is 3. The summed E-state index contributed by atoms with van der Waals surface area (Å²) >= 11 is 0. The minimum absolute atomic E-state index is 0.00637. The molecule has 0 aromatic heterocycles. The molecule has 3 aliphatic rings. The van der Waals surface area contributed by atoms with E-state index in [4.69, 9.17) is 9.47 Å². The van der Waals surface area contributed by atoms with Crippen LogP contribution in [-0.4, -0.2) is 82.0 Å². The van der Waals surface area contributed by atoms with E-state index in [9.17, 15) is 26.8 Å². The summed E-state index contributed by atoms with van der Waals surface area (Å²) in [7, 11) is -0.688. The number of sulfonamides is 1. The Morgan fingerprint density at radius 1 is 1.02 bits per heavy atom. The van der Waals surface area contributed by atoms with Gasteiger partial charge in [0.25, 0.3) is 0 Å². The van der Waals surface area contributed by atoms with E-state index >= 15 is 4.39 Å². The number of benzene rings is 2. The number of piperazine rings is 1. The highest BCUT2D eigenvalue weighted by Gasteiger charge is 2.40. The number of amides is 2. The zero-order valence-corrected chi connectivity index (χ0v) is 27.5. The highest BCUT2D eigenvalue weighted by Crippen LogP contribution is 2.40. The molecule has 2 aromatic rings. The maximum atomic E-state index is 15.4. The van der Waals surface area contributed by atoms with Crippen LogP contribution in [0.5, 0.6) is 0 Å². The first-order chi connectivity index (χ1) is 22.5. The van der Waals surface area contributed by atoms with Crippen molar-refractivity contribution in [1.82, 2.24) is 14.9 Å². The lowest BCUT2D eigenvalue weighted by atomic mass is 9.72. The predicted molar refractivity (Wildman–Crippen MR) is 170 cm³/mol. The SMILES string of the molecule is COC(=O)N[C@H](C(=O)Nc1ccc(F)c(F)c1CC[C@H]1CN[C@@H]2CCCS(=O)(=O)N1C2)[C@@H](c1ccc(F)cc1)[C@H]1CC[C@H](OC)CC1. The molecule has 2 heterocycles. The lowest BCUT2D eigenvalue weighted by Crippen LogP contribution is -2.57. The van der Waals surface area contributed by atoms with Crippen molar-refractivity contribution in [3.63, 3.8) is 0 Å². The number of ether oxygens (including phenoxy) is 2.